The van der Waals surface area contributed by atoms with Crippen LogP contribution >= 0.6 is 0 Å². The van der Waals surface area contributed by atoms with Gasteiger partial charge in [0, 0.05) is 6.42 Å². The number of hydrogen-bond acceptors (Lipinski definition) is 5. The molecule has 1 aromatic rings. The third-order valence-electron chi connectivity index (χ3n) is 5.01. The average Bonchev–Trinajstić information content (AvgIpc) is 2.67. The second kappa shape index (κ2) is 13.2. The molecule has 0 radical (unpaired) electrons. The van der Waals surface area contributed by atoms with Crippen molar-refractivity contribution in [2.24, 2.45) is 5.92 Å². The van der Waals surface area contributed by atoms with Gasteiger partial charge in [0.2, 0.25) is 0 Å². The summed E-state index contributed by atoms with van der Waals surface area (Å²) in [7, 11) is 0. The standard InChI is InChI=1S/C25H38O5/c1-6-7-8-9-10-17-30-24(28)23(19(2)26)22(27)12-11-18-29-21-15-13-20(14-16-21)25(3,4)5/h13-16,23H,6-12,17-18H2,1-5H3. The first kappa shape index (κ1) is 25.9. The van der Waals surface area contributed by atoms with Crippen molar-refractivity contribution < 1.29 is 23.9 Å². The van der Waals surface area contributed by atoms with Crippen LogP contribution in [-0.4, -0.2) is 30.7 Å². The van der Waals surface area contributed by atoms with Crippen LogP contribution < -0.4 is 4.74 Å². The first-order chi connectivity index (χ1) is 14.2. The molecule has 1 aromatic carbocycles. The number of Topliss-reactive ketones (excluding diaryl/α,β-unsaturated/α-hetero) is 2. The van der Waals surface area contributed by atoms with Crippen molar-refractivity contribution in [3.8, 4) is 5.75 Å². The summed E-state index contributed by atoms with van der Waals surface area (Å²) < 4.78 is 10.9. The lowest BCUT2D eigenvalue weighted by atomic mass is 9.87. The molecular weight excluding hydrogens is 380 g/mol. The van der Waals surface area contributed by atoms with E-state index in [4.69, 9.17) is 9.47 Å². The number of unbranched alkanes of at least 4 members (excludes halogenated alkanes) is 4. The number of rotatable bonds is 14. The molecule has 1 atom stereocenters. The van der Waals surface area contributed by atoms with E-state index in [0.29, 0.717) is 13.0 Å². The molecule has 0 aliphatic carbocycles. The summed E-state index contributed by atoms with van der Waals surface area (Å²) >= 11 is 0. The second-order valence-electron chi connectivity index (χ2n) is 8.82. The number of benzene rings is 1. The van der Waals surface area contributed by atoms with E-state index in [-0.39, 0.29) is 18.4 Å². The van der Waals surface area contributed by atoms with E-state index in [1.807, 2.05) is 24.3 Å². The first-order valence-corrected chi connectivity index (χ1v) is 11.1. The number of ether oxygens (including phenoxy) is 2. The molecule has 0 N–H and O–H groups in total. The summed E-state index contributed by atoms with van der Waals surface area (Å²) in [5.74, 6) is -2.16. The van der Waals surface area contributed by atoms with Gasteiger partial charge >= 0.3 is 5.97 Å². The molecule has 1 unspecified atom stereocenters. The van der Waals surface area contributed by atoms with Crippen molar-refractivity contribution in [3.63, 3.8) is 0 Å². The van der Waals surface area contributed by atoms with Gasteiger partial charge in [-0.3, -0.25) is 14.4 Å². The fraction of sp³-hybridized carbons (Fsp3) is 0.640. The number of hydrogen-bond donors (Lipinski definition) is 0. The van der Waals surface area contributed by atoms with Gasteiger partial charge in [0.25, 0.3) is 0 Å². The minimum absolute atomic E-state index is 0.0801. The molecule has 5 nitrogen and oxygen atoms in total. The predicted octanol–water partition coefficient (Wildman–Crippen LogP) is 5.43. The fourth-order valence-electron chi connectivity index (χ4n) is 3.12. The Balaban J connectivity index is 2.39. The van der Waals surface area contributed by atoms with E-state index in [1.165, 1.54) is 12.5 Å². The van der Waals surface area contributed by atoms with Crippen molar-refractivity contribution in [3.05, 3.63) is 29.8 Å². The Morgan fingerprint density at radius 2 is 1.53 bits per heavy atom. The largest absolute Gasteiger partial charge is 0.494 e. The lowest BCUT2D eigenvalue weighted by Crippen LogP contribution is -2.32. The van der Waals surface area contributed by atoms with Gasteiger partial charge in [0.1, 0.15) is 5.75 Å². The Bertz CT molecular complexity index is 670. The molecule has 0 saturated carbocycles. The highest BCUT2D eigenvalue weighted by atomic mass is 16.5. The molecule has 0 aromatic heterocycles. The van der Waals surface area contributed by atoms with Crippen molar-refractivity contribution >= 4 is 17.5 Å². The smallest absolute Gasteiger partial charge is 0.324 e. The molecular formula is C25H38O5. The lowest BCUT2D eigenvalue weighted by molar-refractivity contribution is -0.155. The van der Waals surface area contributed by atoms with Gasteiger partial charge in [-0.1, -0.05) is 65.5 Å². The number of esters is 1. The highest BCUT2D eigenvalue weighted by molar-refractivity contribution is 6.16. The minimum Gasteiger partial charge on any atom is -0.494 e. The molecule has 0 saturated heterocycles. The van der Waals surface area contributed by atoms with Crippen LogP contribution in [0.4, 0.5) is 0 Å². The van der Waals surface area contributed by atoms with Crippen molar-refractivity contribution in [2.75, 3.05) is 13.2 Å². The van der Waals surface area contributed by atoms with Crippen molar-refractivity contribution in [1.29, 1.82) is 0 Å². The van der Waals surface area contributed by atoms with Crippen molar-refractivity contribution in [2.45, 2.75) is 85.0 Å². The van der Waals surface area contributed by atoms with Gasteiger partial charge in [0.05, 0.1) is 13.2 Å². The summed E-state index contributed by atoms with van der Waals surface area (Å²) in [5.41, 5.74) is 1.30. The lowest BCUT2D eigenvalue weighted by Gasteiger charge is -2.19. The van der Waals surface area contributed by atoms with Crippen LogP contribution in [0.2, 0.25) is 0 Å². The first-order valence-electron chi connectivity index (χ1n) is 11.1. The van der Waals surface area contributed by atoms with Crippen LogP contribution in [-0.2, 0) is 24.5 Å². The maximum absolute atomic E-state index is 12.4. The van der Waals surface area contributed by atoms with E-state index in [2.05, 4.69) is 27.7 Å². The Morgan fingerprint density at radius 1 is 0.900 bits per heavy atom. The maximum atomic E-state index is 12.4. The second-order valence-corrected chi connectivity index (χ2v) is 8.82. The normalized spacial score (nSPS) is 12.3. The van der Waals surface area contributed by atoms with Crippen LogP contribution in [0.25, 0.3) is 0 Å². The van der Waals surface area contributed by atoms with Gasteiger partial charge in [0.15, 0.2) is 17.5 Å². The third-order valence-corrected chi connectivity index (χ3v) is 5.01. The maximum Gasteiger partial charge on any atom is 0.324 e. The van der Waals surface area contributed by atoms with Gasteiger partial charge < -0.3 is 9.47 Å². The number of carbonyl (C=O) groups is 3. The summed E-state index contributed by atoms with van der Waals surface area (Å²) in [6.45, 7) is 10.5. The Hall–Kier alpha value is -2.17. The van der Waals surface area contributed by atoms with Crippen molar-refractivity contribution in [1.82, 2.24) is 0 Å². The molecule has 0 amide bonds. The van der Waals surface area contributed by atoms with Gasteiger partial charge in [-0.05, 0) is 42.9 Å². The van der Waals surface area contributed by atoms with E-state index < -0.39 is 23.5 Å². The van der Waals surface area contributed by atoms with Gasteiger partial charge in [-0.25, -0.2) is 0 Å². The molecule has 0 aliphatic heterocycles. The number of ketones is 2. The van der Waals surface area contributed by atoms with Crippen LogP contribution in [0.3, 0.4) is 0 Å². The summed E-state index contributed by atoms with van der Waals surface area (Å²) in [6.07, 6.45) is 5.68. The van der Waals surface area contributed by atoms with E-state index in [0.717, 1.165) is 37.9 Å². The minimum atomic E-state index is -1.31. The van der Waals surface area contributed by atoms with Crippen LogP contribution in [0.1, 0.15) is 85.1 Å². The average molecular weight is 419 g/mol. The summed E-state index contributed by atoms with van der Waals surface area (Å²) in [6, 6.07) is 7.90. The molecule has 0 bridgehead atoms. The van der Waals surface area contributed by atoms with Crippen LogP contribution in [0.5, 0.6) is 5.75 Å². The topological polar surface area (TPSA) is 69.7 Å². The van der Waals surface area contributed by atoms with E-state index >= 15 is 0 Å². The molecule has 168 valence electrons. The van der Waals surface area contributed by atoms with Gasteiger partial charge in [-0.2, -0.15) is 0 Å². The fourth-order valence-corrected chi connectivity index (χ4v) is 3.12. The predicted molar refractivity (Wildman–Crippen MR) is 119 cm³/mol. The molecule has 0 fully saturated rings. The van der Waals surface area contributed by atoms with E-state index in [9.17, 15) is 14.4 Å². The molecule has 30 heavy (non-hydrogen) atoms. The summed E-state index contributed by atoms with van der Waals surface area (Å²) in [5, 5.41) is 0. The third kappa shape index (κ3) is 9.55. The molecule has 0 spiro atoms. The number of carbonyl (C=O) groups excluding carboxylic acids is 3. The highest BCUT2D eigenvalue weighted by Gasteiger charge is 2.31. The zero-order chi connectivity index (χ0) is 22.6. The quantitative estimate of drug-likeness (QED) is 0.229. The van der Waals surface area contributed by atoms with Gasteiger partial charge in [-0.15, -0.1) is 0 Å². The monoisotopic (exact) mass is 418 g/mol. The summed E-state index contributed by atoms with van der Waals surface area (Å²) in [4.78, 5) is 36.4. The molecule has 5 heteroatoms. The SMILES string of the molecule is CCCCCCCOC(=O)C(C(C)=O)C(=O)CCCOc1ccc(C(C)(C)C)cc1. The van der Waals surface area contributed by atoms with Crippen LogP contribution in [0.15, 0.2) is 24.3 Å². The molecule has 0 aliphatic rings. The Morgan fingerprint density at radius 3 is 2.10 bits per heavy atom. The molecule has 0 heterocycles. The zero-order valence-electron chi connectivity index (χ0n) is 19.3. The Kier molecular flexibility index (Phi) is 11.4. The highest BCUT2D eigenvalue weighted by Crippen LogP contribution is 2.24. The van der Waals surface area contributed by atoms with E-state index in [1.54, 1.807) is 0 Å². The Labute approximate surface area is 181 Å². The molecule has 1 rings (SSSR count). The zero-order valence-corrected chi connectivity index (χ0v) is 19.3. The van der Waals surface area contributed by atoms with Crippen LogP contribution in [0, 0.1) is 5.92 Å².